The summed E-state index contributed by atoms with van der Waals surface area (Å²) in [6, 6.07) is 0. The Kier molecular flexibility index (Phi) is 17.4. The minimum Gasteiger partial charge on any atom is -0.469 e. The summed E-state index contributed by atoms with van der Waals surface area (Å²) < 4.78 is 24.1. The molecule has 4 aromatic heterocycles. The van der Waals surface area contributed by atoms with Crippen molar-refractivity contribution >= 4 is 57.7 Å². The van der Waals surface area contributed by atoms with Gasteiger partial charge in [0.1, 0.15) is 35.4 Å². The lowest BCUT2D eigenvalue weighted by Gasteiger charge is -2.26. The van der Waals surface area contributed by atoms with Crippen LogP contribution in [0.5, 0.6) is 0 Å². The van der Waals surface area contributed by atoms with Crippen molar-refractivity contribution in [3.63, 3.8) is 0 Å². The summed E-state index contributed by atoms with van der Waals surface area (Å²) in [5, 5.41) is 46.9. The first-order valence-electron chi connectivity index (χ1n) is 23.9. The maximum atomic E-state index is 12.2. The molecule has 24 nitrogen and oxygen atoms in total. The van der Waals surface area contributed by atoms with Crippen LogP contribution in [0.3, 0.4) is 0 Å². The fourth-order valence-corrected chi connectivity index (χ4v) is 9.28. The van der Waals surface area contributed by atoms with Gasteiger partial charge in [-0.1, -0.05) is 11.8 Å². The second kappa shape index (κ2) is 23.6. The Hall–Kier alpha value is -6.54. The van der Waals surface area contributed by atoms with Crippen molar-refractivity contribution in [2.75, 3.05) is 38.3 Å². The second-order valence-electron chi connectivity index (χ2n) is 18.1. The van der Waals surface area contributed by atoms with Crippen LogP contribution in [0.2, 0.25) is 0 Å². The van der Waals surface area contributed by atoms with E-state index in [-0.39, 0.29) is 52.4 Å². The topological polar surface area (TPSA) is 349 Å². The number of amides is 2. The fourth-order valence-electron chi connectivity index (χ4n) is 9.28. The summed E-state index contributed by atoms with van der Waals surface area (Å²) in [6.45, 7) is 6.12. The van der Waals surface area contributed by atoms with Gasteiger partial charge >= 0.3 is 11.9 Å². The number of likely N-dealkylation sites (N-methyl/N-ethyl adjacent to an activating group) is 2. The lowest BCUT2D eigenvalue weighted by Crippen LogP contribution is -2.42. The number of rotatable bonds is 11. The SMILES string of the molecule is CCNC(=O)C1OC(n2cnc3c(N)nc(C#CCC4CCC(C(=O)OC)CC4)nc32)C(O)C1O.CCNC(=O)C1OC(n2cnc3c(N)nc(C#CCC4CCC(COC(C)=O)CC4)nc32)C(O)C1O. The average Bonchev–Trinajstić information content (AvgIpc) is 4.13. The second-order valence-corrected chi connectivity index (χ2v) is 18.1. The number of fused-ring (bicyclic) bond motifs is 2. The summed E-state index contributed by atoms with van der Waals surface area (Å²) in [7, 11) is 1.41. The first-order chi connectivity index (χ1) is 34.1. The van der Waals surface area contributed by atoms with E-state index in [0.29, 0.717) is 61.3 Å². The number of anilines is 2. The number of hydrogen-bond acceptors (Lipinski definition) is 20. The lowest BCUT2D eigenvalue weighted by atomic mass is 9.81. The standard InChI is InChI=1S/C24H32N6O6.C23H30N6O6/c1-3-26-23(34)20-18(32)19(33)24(36-20)30-12-27-17-21(25)28-16(29-22(17)30)6-4-5-14-7-9-15(10-8-14)11-35-13(2)31;1-3-25-21(32)18-16(30)17(31)22(35-18)29-11-26-15-19(24)27-14(28-20(15)29)6-4-5-12-7-9-13(10-8-12)23(33)34-2/h12,14-15,18-20,24,32-33H,3,5,7-11H2,1-2H3,(H,26,34)(H2,25,28,29);11-13,16-18,22,30-31H,3,5,7-10H2,1-2H3,(H,25,32)(H2,24,27,28). The van der Waals surface area contributed by atoms with E-state index >= 15 is 0 Å². The summed E-state index contributed by atoms with van der Waals surface area (Å²) in [6.07, 6.45) is 1.24. The number of nitrogens with two attached hydrogens (primary N) is 2. The summed E-state index contributed by atoms with van der Waals surface area (Å²) in [5.74, 6) is 12.6. The van der Waals surface area contributed by atoms with Gasteiger partial charge in [-0.15, -0.1) is 0 Å². The van der Waals surface area contributed by atoms with Gasteiger partial charge in [0, 0.05) is 32.9 Å². The van der Waals surface area contributed by atoms with Gasteiger partial charge in [0.15, 0.2) is 47.6 Å². The van der Waals surface area contributed by atoms with Crippen molar-refractivity contribution in [2.24, 2.45) is 23.7 Å². The van der Waals surface area contributed by atoms with Crippen LogP contribution in [0, 0.1) is 47.4 Å². The normalized spacial score (nSPS) is 28.1. The molecule has 8 atom stereocenters. The number of nitrogens with one attached hydrogen (secondary N) is 2. The fraction of sp³-hybridized carbons (Fsp3) is 0.617. The lowest BCUT2D eigenvalue weighted by molar-refractivity contribution is -0.147. The van der Waals surface area contributed by atoms with Gasteiger partial charge in [0.05, 0.1) is 32.3 Å². The highest BCUT2D eigenvalue weighted by Crippen LogP contribution is 2.35. The van der Waals surface area contributed by atoms with Gasteiger partial charge in [-0.25, -0.2) is 29.9 Å². The predicted molar refractivity (Wildman–Crippen MR) is 251 cm³/mol. The molecule has 2 saturated carbocycles. The summed E-state index contributed by atoms with van der Waals surface area (Å²) in [5.41, 5.74) is 13.3. The number of nitrogen functional groups attached to an aromatic ring is 2. The Balaban J connectivity index is 0.000000209. The van der Waals surface area contributed by atoms with Gasteiger partial charge < -0.3 is 61.5 Å². The van der Waals surface area contributed by atoms with Gasteiger partial charge in [-0.3, -0.25) is 28.3 Å². The van der Waals surface area contributed by atoms with Crippen molar-refractivity contribution in [2.45, 2.75) is 134 Å². The van der Waals surface area contributed by atoms with Crippen LogP contribution in [0.25, 0.3) is 22.3 Å². The number of ether oxygens (including phenoxy) is 4. The molecule has 24 heteroatoms. The number of aromatic nitrogens is 8. The summed E-state index contributed by atoms with van der Waals surface area (Å²) in [4.78, 5) is 72.8. The number of esters is 2. The highest BCUT2D eigenvalue weighted by Gasteiger charge is 2.49. The molecule has 8 unspecified atom stereocenters. The molecule has 0 bridgehead atoms. The Labute approximate surface area is 409 Å². The van der Waals surface area contributed by atoms with Crippen molar-refractivity contribution in [3.05, 3.63) is 24.3 Å². The van der Waals surface area contributed by atoms with E-state index in [2.05, 4.69) is 64.2 Å². The van der Waals surface area contributed by atoms with E-state index in [1.54, 1.807) is 13.8 Å². The van der Waals surface area contributed by atoms with Crippen LogP contribution >= 0.6 is 0 Å². The molecule has 2 aliphatic carbocycles. The van der Waals surface area contributed by atoms with E-state index in [0.717, 1.165) is 51.4 Å². The van der Waals surface area contributed by atoms with E-state index in [4.69, 9.17) is 30.4 Å². The Morgan fingerprint density at radius 3 is 1.51 bits per heavy atom. The number of nitrogens with zero attached hydrogens (tertiary/aromatic N) is 8. The van der Waals surface area contributed by atoms with Crippen molar-refractivity contribution in [1.82, 2.24) is 49.7 Å². The number of carbonyl (C=O) groups is 4. The van der Waals surface area contributed by atoms with Gasteiger partial charge in [0.25, 0.3) is 11.8 Å². The van der Waals surface area contributed by atoms with E-state index < -0.39 is 60.9 Å². The highest BCUT2D eigenvalue weighted by atomic mass is 16.6. The number of aliphatic hydroxyl groups excluding tert-OH is 4. The zero-order chi connectivity index (χ0) is 50.9. The zero-order valence-electron chi connectivity index (χ0n) is 40.1. The number of hydrogen-bond donors (Lipinski definition) is 8. The first-order valence-corrected chi connectivity index (χ1v) is 23.9. The number of aliphatic hydroxyl groups is 4. The van der Waals surface area contributed by atoms with Gasteiger partial charge in [-0.05, 0) is 94.8 Å². The molecule has 4 aliphatic rings. The van der Waals surface area contributed by atoms with E-state index in [9.17, 15) is 39.6 Å². The first kappa shape index (κ1) is 52.3. The quantitative estimate of drug-likeness (QED) is 0.0733. The molecule has 10 N–H and O–H groups in total. The molecular formula is C47H62N12O12. The monoisotopic (exact) mass is 986 g/mol. The largest absolute Gasteiger partial charge is 0.469 e. The molecule has 71 heavy (non-hydrogen) atoms. The maximum Gasteiger partial charge on any atom is 0.308 e. The number of carbonyl (C=O) groups excluding carboxylic acids is 4. The minimum absolute atomic E-state index is 0.0330. The van der Waals surface area contributed by atoms with E-state index in [1.165, 1.54) is 35.8 Å². The molecule has 2 aliphatic heterocycles. The molecule has 8 rings (SSSR count). The molecule has 2 amide bonds. The maximum absolute atomic E-state index is 12.2. The number of imidazole rings is 2. The van der Waals surface area contributed by atoms with Crippen LogP contribution in [-0.2, 0) is 38.1 Å². The molecule has 0 radical (unpaired) electrons. The van der Waals surface area contributed by atoms with Gasteiger partial charge in [0.2, 0.25) is 11.6 Å². The third-order valence-corrected chi connectivity index (χ3v) is 13.2. The third-order valence-electron chi connectivity index (χ3n) is 13.2. The van der Waals surface area contributed by atoms with Crippen LogP contribution in [0.1, 0.15) is 109 Å². The van der Waals surface area contributed by atoms with Crippen molar-refractivity contribution in [3.8, 4) is 23.7 Å². The molecule has 4 fully saturated rings. The molecule has 0 spiro atoms. The molecular weight excluding hydrogens is 925 g/mol. The molecule has 4 aromatic rings. The summed E-state index contributed by atoms with van der Waals surface area (Å²) >= 11 is 0. The van der Waals surface area contributed by atoms with Crippen LogP contribution < -0.4 is 22.1 Å². The number of methoxy groups -OCH3 is 1. The smallest absolute Gasteiger partial charge is 0.308 e. The molecule has 6 heterocycles. The van der Waals surface area contributed by atoms with Crippen LogP contribution in [0.4, 0.5) is 11.6 Å². The zero-order valence-corrected chi connectivity index (χ0v) is 40.1. The Bertz CT molecular complexity index is 2680. The molecule has 382 valence electrons. The highest BCUT2D eigenvalue weighted by molar-refractivity contribution is 5.84. The van der Waals surface area contributed by atoms with Crippen molar-refractivity contribution in [1.29, 1.82) is 0 Å². The van der Waals surface area contributed by atoms with Crippen molar-refractivity contribution < 1.29 is 58.6 Å². The van der Waals surface area contributed by atoms with Crippen LogP contribution in [0.15, 0.2) is 12.7 Å². The van der Waals surface area contributed by atoms with E-state index in [1.807, 2.05) is 0 Å². The Morgan fingerprint density at radius 2 is 1.10 bits per heavy atom. The third kappa shape index (κ3) is 12.2. The van der Waals surface area contributed by atoms with Gasteiger partial charge in [-0.2, -0.15) is 0 Å². The molecule has 2 saturated heterocycles. The predicted octanol–water partition coefficient (Wildman–Crippen LogP) is 0.160. The average molecular weight is 987 g/mol. The Morgan fingerprint density at radius 1 is 0.676 bits per heavy atom. The minimum atomic E-state index is -1.42. The molecule has 0 aromatic carbocycles. The van der Waals surface area contributed by atoms with Crippen LogP contribution in [-0.4, -0.2) is 147 Å².